The second-order valence-electron chi connectivity index (χ2n) is 7.74. The van der Waals surface area contributed by atoms with Gasteiger partial charge in [0.05, 0.1) is 24.0 Å². The molecule has 1 saturated heterocycles. The average Bonchev–Trinajstić information content (AvgIpc) is 2.71. The number of ether oxygens (including phenoxy) is 1. The predicted octanol–water partition coefficient (Wildman–Crippen LogP) is 3.38. The van der Waals surface area contributed by atoms with Crippen molar-refractivity contribution in [3.8, 4) is 5.88 Å². The smallest absolute Gasteiger partial charge is 0.216 e. The fourth-order valence-electron chi connectivity index (χ4n) is 4.02. The molecular formula is C21H24N6O. The van der Waals surface area contributed by atoms with Crippen molar-refractivity contribution in [1.82, 2.24) is 24.9 Å². The SMILES string of the molecule is c1cc2c(N3CCC(COc4cc(C5CCC5)ncn4)CC3)ncnc2cn1. The summed E-state index contributed by atoms with van der Waals surface area (Å²) in [5, 5.41) is 1.07. The summed E-state index contributed by atoms with van der Waals surface area (Å²) in [6, 6.07) is 4.02. The summed E-state index contributed by atoms with van der Waals surface area (Å²) in [7, 11) is 0. The average molecular weight is 376 g/mol. The molecule has 2 fully saturated rings. The molecule has 3 aromatic heterocycles. The second-order valence-corrected chi connectivity index (χ2v) is 7.74. The van der Waals surface area contributed by atoms with Gasteiger partial charge in [-0.25, -0.2) is 19.9 Å². The molecular weight excluding hydrogens is 352 g/mol. The highest BCUT2D eigenvalue weighted by atomic mass is 16.5. The highest BCUT2D eigenvalue weighted by Gasteiger charge is 2.24. The van der Waals surface area contributed by atoms with Crippen LogP contribution < -0.4 is 9.64 Å². The van der Waals surface area contributed by atoms with Crippen molar-refractivity contribution in [3.63, 3.8) is 0 Å². The van der Waals surface area contributed by atoms with E-state index in [4.69, 9.17) is 4.74 Å². The summed E-state index contributed by atoms with van der Waals surface area (Å²) in [6.45, 7) is 2.66. The molecule has 0 bridgehead atoms. The Morgan fingerprint density at radius 1 is 1.00 bits per heavy atom. The van der Waals surface area contributed by atoms with E-state index in [0.717, 1.165) is 48.3 Å². The van der Waals surface area contributed by atoms with Gasteiger partial charge in [-0.2, -0.15) is 0 Å². The van der Waals surface area contributed by atoms with E-state index in [2.05, 4.69) is 29.8 Å². The third-order valence-corrected chi connectivity index (χ3v) is 5.99. The zero-order chi connectivity index (χ0) is 18.8. The molecule has 1 aliphatic carbocycles. The summed E-state index contributed by atoms with van der Waals surface area (Å²) in [4.78, 5) is 24.0. The summed E-state index contributed by atoms with van der Waals surface area (Å²) in [6.07, 6.45) is 12.8. The molecule has 0 radical (unpaired) electrons. The van der Waals surface area contributed by atoms with Crippen LogP contribution in [-0.4, -0.2) is 44.6 Å². The van der Waals surface area contributed by atoms with E-state index in [9.17, 15) is 0 Å². The van der Waals surface area contributed by atoms with Crippen LogP contribution in [0.1, 0.15) is 43.7 Å². The van der Waals surface area contributed by atoms with Crippen LogP contribution in [0.3, 0.4) is 0 Å². The Morgan fingerprint density at radius 3 is 2.68 bits per heavy atom. The number of hydrogen-bond acceptors (Lipinski definition) is 7. The zero-order valence-corrected chi connectivity index (χ0v) is 15.9. The lowest BCUT2D eigenvalue weighted by atomic mass is 9.83. The molecule has 2 aliphatic rings. The minimum Gasteiger partial charge on any atom is -0.477 e. The summed E-state index contributed by atoms with van der Waals surface area (Å²) < 4.78 is 6.01. The van der Waals surface area contributed by atoms with E-state index >= 15 is 0 Å². The third kappa shape index (κ3) is 3.48. The molecule has 0 unspecified atom stereocenters. The lowest BCUT2D eigenvalue weighted by Gasteiger charge is -2.33. The molecule has 3 aromatic rings. The molecule has 0 aromatic carbocycles. The molecule has 4 heterocycles. The minimum absolute atomic E-state index is 0.535. The van der Waals surface area contributed by atoms with Gasteiger partial charge in [-0.3, -0.25) is 4.98 Å². The fourth-order valence-corrected chi connectivity index (χ4v) is 4.02. The number of nitrogens with zero attached hydrogens (tertiary/aromatic N) is 6. The van der Waals surface area contributed by atoms with E-state index in [0.29, 0.717) is 24.3 Å². The Balaban J connectivity index is 1.18. The highest BCUT2D eigenvalue weighted by Crippen LogP contribution is 2.36. The minimum atomic E-state index is 0.535. The number of aromatic nitrogens is 5. The first-order valence-electron chi connectivity index (χ1n) is 10.1. The maximum atomic E-state index is 6.01. The molecule has 0 N–H and O–H groups in total. The van der Waals surface area contributed by atoms with Gasteiger partial charge in [0.25, 0.3) is 0 Å². The predicted molar refractivity (Wildman–Crippen MR) is 106 cm³/mol. The van der Waals surface area contributed by atoms with Crippen LogP contribution in [0.2, 0.25) is 0 Å². The summed E-state index contributed by atoms with van der Waals surface area (Å²) in [5.74, 6) is 2.86. The number of rotatable bonds is 5. The molecule has 144 valence electrons. The van der Waals surface area contributed by atoms with Gasteiger partial charge in [0, 0.05) is 36.7 Å². The molecule has 1 saturated carbocycles. The van der Waals surface area contributed by atoms with Gasteiger partial charge in [0.15, 0.2) is 0 Å². The van der Waals surface area contributed by atoms with E-state index in [1.54, 1.807) is 25.0 Å². The van der Waals surface area contributed by atoms with Gasteiger partial charge >= 0.3 is 0 Å². The molecule has 5 rings (SSSR count). The second kappa shape index (κ2) is 7.66. The lowest BCUT2D eigenvalue weighted by Crippen LogP contribution is -2.36. The van der Waals surface area contributed by atoms with E-state index in [-0.39, 0.29) is 0 Å². The molecule has 0 amide bonds. The monoisotopic (exact) mass is 376 g/mol. The van der Waals surface area contributed by atoms with Crippen LogP contribution in [-0.2, 0) is 0 Å². The van der Waals surface area contributed by atoms with Crippen LogP contribution in [0, 0.1) is 5.92 Å². The molecule has 0 spiro atoms. The number of anilines is 1. The van der Waals surface area contributed by atoms with Gasteiger partial charge in [0.2, 0.25) is 5.88 Å². The van der Waals surface area contributed by atoms with Crippen molar-refractivity contribution in [2.24, 2.45) is 5.92 Å². The third-order valence-electron chi connectivity index (χ3n) is 5.99. The first kappa shape index (κ1) is 17.3. The van der Waals surface area contributed by atoms with Crippen molar-refractivity contribution < 1.29 is 4.74 Å². The van der Waals surface area contributed by atoms with Crippen molar-refractivity contribution in [2.75, 3.05) is 24.6 Å². The van der Waals surface area contributed by atoms with Gasteiger partial charge in [-0.1, -0.05) is 6.42 Å². The van der Waals surface area contributed by atoms with Crippen molar-refractivity contribution >= 4 is 16.7 Å². The van der Waals surface area contributed by atoms with Gasteiger partial charge in [-0.05, 0) is 37.7 Å². The van der Waals surface area contributed by atoms with Gasteiger partial charge < -0.3 is 9.64 Å². The molecule has 7 nitrogen and oxygen atoms in total. The molecule has 28 heavy (non-hydrogen) atoms. The summed E-state index contributed by atoms with van der Waals surface area (Å²) in [5.41, 5.74) is 2.03. The fraction of sp³-hybridized carbons (Fsp3) is 0.476. The van der Waals surface area contributed by atoms with E-state index < -0.39 is 0 Å². The topological polar surface area (TPSA) is 76.9 Å². The van der Waals surface area contributed by atoms with Gasteiger partial charge in [-0.15, -0.1) is 0 Å². The largest absolute Gasteiger partial charge is 0.477 e. The number of pyridine rings is 1. The number of hydrogen-bond donors (Lipinski definition) is 0. The van der Waals surface area contributed by atoms with Crippen LogP contribution in [0.25, 0.3) is 10.9 Å². The van der Waals surface area contributed by atoms with Gasteiger partial charge in [0.1, 0.15) is 18.5 Å². The number of piperidine rings is 1. The maximum Gasteiger partial charge on any atom is 0.216 e. The normalized spacial score (nSPS) is 18.2. The van der Waals surface area contributed by atoms with Crippen molar-refractivity contribution in [3.05, 3.63) is 42.9 Å². The first-order valence-corrected chi connectivity index (χ1v) is 10.1. The molecule has 1 aliphatic heterocycles. The number of fused-ring (bicyclic) bond motifs is 1. The Morgan fingerprint density at radius 2 is 1.86 bits per heavy atom. The highest BCUT2D eigenvalue weighted by molar-refractivity contribution is 5.88. The van der Waals surface area contributed by atoms with Crippen LogP contribution >= 0.6 is 0 Å². The summed E-state index contributed by atoms with van der Waals surface area (Å²) >= 11 is 0. The van der Waals surface area contributed by atoms with E-state index in [1.807, 2.05) is 12.1 Å². The molecule has 0 atom stereocenters. The maximum absolute atomic E-state index is 6.01. The quantitative estimate of drug-likeness (QED) is 0.675. The standard InChI is InChI=1S/C21H24N6O/c1-2-16(3-1)18-10-20(25-13-23-18)28-12-15-5-8-27(9-6-15)21-17-4-7-22-11-19(17)24-14-26-21/h4,7,10-11,13-16H,1-3,5-6,8-9,12H2. The Hall–Kier alpha value is -2.83. The zero-order valence-electron chi connectivity index (χ0n) is 15.9. The van der Waals surface area contributed by atoms with Crippen LogP contribution in [0.5, 0.6) is 5.88 Å². The van der Waals surface area contributed by atoms with Crippen LogP contribution in [0.4, 0.5) is 5.82 Å². The van der Waals surface area contributed by atoms with Crippen molar-refractivity contribution in [2.45, 2.75) is 38.0 Å². The first-order chi connectivity index (χ1) is 13.9. The van der Waals surface area contributed by atoms with E-state index in [1.165, 1.54) is 19.3 Å². The lowest BCUT2D eigenvalue weighted by molar-refractivity contribution is 0.215. The Bertz CT molecular complexity index is 947. The van der Waals surface area contributed by atoms with Crippen LogP contribution in [0.15, 0.2) is 37.2 Å². The van der Waals surface area contributed by atoms with Crippen molar-refractivity contribution in [1.29, 1.82) is 0 Å². The molecule has 7 heteroatoms. The Kier molecular flexibility index (Phi) is 4.72. The Labute approximate surface area is 164 Å².